The van der Waals surface area contributed by atoms with Crippen LogP contribution in [0.25, 0.3) is 0 Å². The van der Waals surface area contributed by atoms with Gasteiger partial charge in [0.15, 0.2) is 0 Å². The molecule has 0 bridgehead atoms. The lowest BCUT2D eigenvalue weighted by Gasteiger charge is -2.11. The van der Waals surface area contributed by atoms with Crippen LogP contribution in [0, 0.1) is 5.82 Å². The summed E-state index contributed by atoms with van der Waals surface area (Å²) in [6.07, 6.45) is 0.302. The molecular weight excluding hydrogens is 319 g/mol. The van der Waals surface area contributed by atoms with Crippen LogP contribution in [0.3, 0.4) is 0 Å². The van der Waals surface area contributed by atoms with E-state index in [-0.39, 0.29) is 11.7 Å². The van der Waals surface area contributed by atoms with E-state index in [9.17, 15) is 9.18 Å². The molecule has 0 aliphatic carbocycles. The highest BCUT2D eigenvalue weighted by molar-refractivity contribution is 6.31. The Balaban J connectivity index is 1.77. The molecule has 0 heterocycles. The first-order chi connectivity index (χ1) is 11.1. The van der Waals surface area contributed by atoms with Crippen molar-refractivity contribution in [3.05, 3.63) is 58.9 Å². The standard InChI is InChI=1S/C17H18ClFN2O2/c1-23-16-7-4-13(18)10-15(16)21-17(22)8-9-20-11-12-2-5-14(19)6-3-12/h2-7,10,20H,8-9,11H2,1H3,(H,21,22). The van der Waals surface area contributed by atoms with Gasteiger partial charge >= 0.3 is 0 Å². The lowest BCUT2D eigenvalue weighted by atomic mass is 10.2. The Morgan fingerprint density at radius 2 is 1.96 bits per heavy atom. The quantitative estimate of drug-likeness (QED) is 0.759. The molecule has 122 valence electrons. The number of hydrogen-bond donors (Lipinski definition) is 2. The van der Waals surface area contributed by atoms with Crippen molar-refractivity contribution in [3.63, 3.8) is 0 Å². The molecule has 23 heavy (non-hydrogen) atoms. The van der Waals surface area contributed by atoms with Gasteiger partial charge in [-0.25, -0.2) is 4.39 Å². The predicted molar refractivity (Wildman–Crippen MR) is 89.4 cm³/mol. The van der Waals surface area contributed by atoms with E-state index in [1.807, 2.05) is 0 Å². The second-order valence-corrected chi connectivity index (χ2v) is 5.38. The normalized spacial score (nSPS) is 10.4. The maximum absolute atomic E-state index is 12.8. The average Bonchev–Trinajstić information content (AvgIpc) is 2.53. The van der Waals surface area contributed by atoms with Crippen LogP contribution >= 0.6 is 11.6 Å². The number of nitrogens with one attached hydrogen (secondary N) is 2. The summed E-state index contributed by atoms with van der Waals surface area (Å²) in [5.41, 5.74) is 1.51. The number of halogens is 2. The topological polar surface area (TPSA) is 50.4 Å². The van der Waals surface area contributed by atoms with Crippen LogP contribution in [-0.4, -0.2) is 19.6 Å². The summed E-state index contributed by atoms with van der Waals surface area (Å²) in [5, 5.41) is 6.43. The monoisotopic (exact) mass is 336 g/mol. The first kappa shape index (κ1) is 17.2. The minimum atomic E-state index is -0.261. The Morgan fingerprint density at radius 1 is 1.22 bits per heavy atom. The van der Waals surface area contributed by atoms with Gasteiger partial charge in [-0.1, -0.05) is 23.7 Å². The zero-order valence-corrected chi connectivity index (χ0v) is 13.5. The highest BCUT2D eigenvalue weighted by Gasteiger charge is 2.08. The number of amides is 1. The van der Waals surface area contributed by atoms with Gasteiger partial charge in [-0.3, -0.25) is 4.79 Å². The van der Waals surface area contributed by atoms with Crippen LogP contribution in [0.5, 0.6) is 5.75 Å². The highest BCUT2D eigenvalue weighted by atomic mass is 35.5. The number of anilines is 1. The molecule has 0 aliphatic rings. The Morgan fingerprint density at radius 3 is 2.65 bits per heavy atom. The van der Waals surface area contributed by atoms with Crippen LogP contribution in [0.4, 0.5) is 10.1 Å². The highest BCUT2D eigenvalue weighted by Crippen LogP contribution is 2.27. The Labute approximate surface area is 139 Å². The number of rotatable bonds is 7. The molecule has 0 spiro atoms. The lowest BCUT2D eigenvalue weighted by Crippen LogP contribution is -2.21. The van der Waals surface area contributed by atoms with Gasteiger partial charge in [0.1, 0.15) is 11.6 Å². The van der Waals surface area contributed by atoms with E-state index >= 15 is 0 Å². The Hall–Kier alpha value is -2.11. The van der Waals surface area contributed by atoms with E-state index < -0.39 is 0 Å². The van der Waals surface area contributed by atoms with Crippen molar-refractivity contribution in [2.24, 2.45) is 0 Å². The maximum atomic E-state index is 12.8. The summed E-state index contributed by atoms with van der Waals surface area (Å²) in [6.45, 7) is 1.08. The molecule has 2 rings (SSSR count). The summed E-state index contributed by atoms with van der Waals surface area (Å²) in [5.74, 6) is 0.155. The second kappa shape index (κ2) is 8.50. The molecule has 0 fully saturated rings. The van der Waals surface area contributed by atoms with Crippen molar-refractivity contribution < 1.29 is 13.9 Å². The fourth-order valence-electron chi connectivity index (χ4n) is 2.03. The van der Waals surface area contributed by atoms with Crippen molar-refractivity contribution in [2.75, 3.05) is 19.0 Å². The van der Waals surface area contributed by atoms with Crippen molar-refractivity contribution in [2.45, 2.75) is 13.0 Å². The first-order valence-electron chi connectivity index (χ1n) is 7.17. The number of carbonyl (C=O) groups is 1. The van der Waals surface area contributed by atoms with E-state index in [4.69, 9.17) is 16.3 Å². The molecule has 0 aliphatic heterocycles. The van der Waals surface area contributed by atoms with Crippen LogP contribution in [0.15, 0.2) is 42.5 Å². The smallest absolute Gasteiger partial charge is 0.225 e. The van der Waals surface area contributed by atoms with E-state index in [1.54, 1.807) is 30.3 Å². The SMILES string of the molecule is COc1ccc(Cl)cc1NC(=O)CCNCc1ccc(F)cc1. The van der Waals surface area contributed by atoms with Gasteiger partial charge in [-0.05, 0) is 35.9 Å². The molecular formula is C17H18ClFN2O2. The molecule has 2 N–H and O–H groups in total. The van der Waals surface area contributed by atoms with Crippen LogP contribution in [0.1, 0.15) is 12.0 Å². The number of hydrogen-bond acceptors (Lipinski definition) is 3. The third-order valence-corrected chi connectivity index (χ3v) is 3.44. The molecule has 0 atom stereocenters. The minimum Gasteiger partial charge on any atom is -0.495 e. The number of methoxy groups -OCH3 is 1. The molecule has 2 aromatic rings. The lowest BCUT2D eigenvalue weighted by molar-refractivity contribution is -0.116. The van der Waals surface area contributed by atoms with Crippen molar-refractivity contribution >= 4 is 23.2 Å². The van der Waals surface area contributed by atoms with E-state index in [0.717, 1.165) is 5.56 Å². The summed E-state index contributed by atoms with van der Waals surface area (Å²) in [4.78, 5) is 11.9. The second-order valence-electron chi connectivity index (χ2n) is 4.95. The molecule has 2 aromatic carbocycles. The Kier molecular flexibility index (Phi) is 6.38. The van der Waals surface area contributed by atoms with Crippen molar-refractivity contribution in [3.8, 4) is 5.75 Å². The van der Waals surface area contributed by atoms with Crippen LogP contribution in [0.2, 0.25) is 5.02 Å². The zero-order chi connectivity index (χ0) is 16.7. The van der Waals surface area contributed by atoms with E-state index in [1.165, 1.54) is 19.2 Å². The summed E-state index contributed by atoms with van der Waals surface area (Å²) >= 11 is 5.92. The van der Waals surface area contributed by atoms with Gasteiger partial charge in [0.2, 0.25) is 5.91 Å². The predicted octanol–water partition coefficient (Wildman–Crippen LogP) is 3.61. The molecule has 6 heteroatoms. The molecule has 0 saturated heterocycles. The molecule has 0 saturated carbocycles. The fraction of sp³-hybridized carbons (Fsp3) is 0.235. The van der Waals surface area contributed by atoms with E-state index in [2.05, 4.69) is 10.6 Å². The zero-order valence-electron chi connectivity index (χ0n) is 12.7. The number of benzene rings is 2. The average molecular weight is 337 g/mol. The first-order valence-corrected chi connectivity index (χ1v) is 7.55. The van der Waals surface area contributed by atoms with Gasteiger partial charge in [-0.2, -0.15) is 0 Å². The van der Waals surface area contributed by atoms with Gasteiger partial charge in [-0.15, -0.1) is 0 Å². The van der Waals surface area contributed by atoms with Crippen LogP contribution < -0.4 is 15.4 Å². The molecule has 0 unspecified atom stereocenters. The van der Waals surface area contributed by atoms with Crippen LogP contribution in [-0.2, 0) is 11.3 Å². The summed E-state index contributed by atoms with van der Waals surface area (Å²) in [6, 6.07) is 11.3. The molecule has 4 nitrogen and oxygen atoms in total. The number of carbonyl (C=O) groups excluding carboxylic acids is 1. The van der Waals surface area contributed by atoms with Crippen molar-refractivity contribution in [1.82, 2.24) is 5.32 Å². The van der Waals surface area contributed by atoms with Gasteiger partial charge in [0.25, 0.3) is 0 Å². The number of ether oxygens (including phenoxy) is 1. The summed E-state index contributed by atoms with van der Waals surface area (Å²) < 4.78 is 18.0. The fourth-order valence-corrected chi connectivity index (χ4v) is 2.20. The van der Waals surface area contributed by atoms with Crippen molar-refractivity contribution in [1.29, 1.82) is 0 Å². The van der Waals surface area contributed by atoms with Gasteiger partial charge < -0.3 is 15.4 Å². The van der Waals surface area contributed by atoms with Gasteiger partial charge in [0.05, 0.1) is 12.8 Å². The molecule has 0 aromatic heterocycles. The third kappa shape index (κ3) is 5.54. The molecule has 0 radical (unpaired) electrons. The largest absolute Gasteiger partial charge is 0.495 e. The summed E-state index contributed by atoms with van der Waals surface area (Å²) in [7, 11) is 1.53. The van der Waals surface area contributed by atoms with E-state index in [0.29, 0.717) is 36.0 Å². The maximum Gasteiger partial charge on any atom is 0.225 e. The molecule has 1 amide bonds. The third-order valence-electron chi connectivity index (χ3n) is 3.21. The Bertz CT molecular complexity index is 662. The minimum absolute atomic E-state index is 0.142. The van der Waals surface area contributed by atoms with Gasteiger partial charge in [0, 0.05) is 24.5 Å².